The third kappa shape index (κ3) is 4.30. The summed E-state index contributed by atoms with van der Waals surface area (Å²) in [4.78, 5) is 33.3. The van der Waals surface area contributed by atoms with Gasteiger partial charge in [0.15, 0.2) is 11.6 Å². The average molecular weight is 385 g/mol. The lowest BCUT2D eigenvalue weighted by atomic mass is 9.97. The third-order valence-corrected chi connectivity index (χ3v) is 4.67. The zero-order valence-electron chi connectivity index (χ0n) is 15.6. The lowest BCUT2D eigenvalue weighted by Crippen LogP contribution is -2.37. The number of carbonyl (C=O) groups is 2. The van der Waals surface area contributed by atoms with Gasteiger partial charge in [0.1, 0.15) is 12.0 Å². The van der Waals surface area contributed by atoms with E-state index in [4.69, 9.17) is 15.6 Å². The fourth-order valence-electron chi connectivity index (χ4n) is 3.12. The van der Waals surface area contributed by atoms with Gasteiger partial charge in [0.05, 0.1) is 18.1 Å². The summed E-state index contributed by atoms with van der Waals surface area (Å²) in [7, 11) is 0. The number of benzene rings is 1. The predicted molar refractivity (Wildman–Crippen MR) is 105 cm³/mol. The molecule has 4 N–H and O–H groups in total. The molecule has 3 rings (SSSR count). The number of hydrogen-bond acceptors (Lipinski definition) is 8. The molecule has 1 aromatic carbocycles. The first-order chi connectivity index (χ1) is 13.5. The number of rotatable bonds is 6. The fraction of sp³-hybridized carbons (Fsp3) is 0.368. The standard InChI is InChI=1S/C19H23N5O4/c1-2-28-19(27)13-3-5-14(6-4-13)23-16-15(20)17(22-11-21-16)24-9-7-12(8-10-24)18(25)26/h3-6,11-12H,2,7-10,20H2,1H3,(H,25,26)(H,21,22,23). The molecular formula is C19H23N5O4. The maximum absolute atomic E-state index is 11.7. The van der Waals surface area contributed by atoms with E-state index in [0.717, 1.165) is 0 Å². The largest absolute Gasteiger partial charge is 0.481 e. The zero-order valence-corrected chi connectivity index (χ0v) is 15.6. The van der Waals surface area contributed by atoms with E-state index >= 15 is 0 Å². The first kappa shape index (κ1) is 19.4. The number of nitrogens with one attached hydrogen (secondary N) is 1. The maximum atomic E-state index is 11.7. The van der Waals surface area contributed by atoms with Crippen molar-refractivity contribution in [3.63, 3.8) is 0 Å². The van der Waals surface area contributed by atoms with Gasteiger partial charge in [0, 0.05) is 18.8 Å². The van der Waals surface area contributed by atoms with Gasteiger partial charge in [0.2, 0.25) is 0 Å². The van der Waals surface area contributed by atoms with E-state index in [1.165, 1.54) is 6.33 Å². The molecule has 0 atom stereocenters. The molecular weight excluding hydrogens is 362 g/mol. The molecule has 1 fully saturated rings. The summed E-state index contributed by atoms with van der Waals surface area (Å²) in [5, 5.41) is 12.3. The smallest absolute Gasteiger partial charge is 0.338 e. The van der Waals surface area contributed by atoms with Crippen molar-refractivity contribution in [3.8, 4) is 0 Å². The monoisotopic (exact) mass is 385 g/mol. The van der Waals surface area contributed by atoms with Crippen molar-refractivity contribution in [2.45, 2.75) is 19.8 Å². The zero-order chi connectivity index (χ0) is 20.1. The first-order valence-electron chi connectivity index (χ1n) is 9.12. The molecule has 0 aliphatic carbocycles. The van der Waals surface area contributed by atoms with Crippen molar-refractivity contribution in [1.82, 2.24) is 9.97 Å². The Morgan fingerprint density at radius 1 is 1.25 bits per heavy atom. The van der Waals surface area contributed by atoms with E-state index in [9.17, 15) is 9.59 Å². The van der Waals surface area contributed by atoms with E-state index in [-0.39, 0.29) is 11.9 Å². The van der Waals surface area contributed by atoms with E-state index in [2.05, 4.69) is 15.3 Å². The SMILES string of the molecule is CCOC(=O)c1ccc(Nc2ncnc(N3CCC(C(=O)O)CC3)c2N)cc1. The number of hydrogen-bond donors (Lipinski definition) is 3. The van der Waals surface area contributed by atoms with Crippen molar-refractivity contribution in [1.29, 1.82) is 0 Å². The molecule has 2 heterocycles. The highest BCUT2D eigenvalue weighted by molar-refractivity contribution is 5.90. The fourth-order valence-corrected chi connectivity index (χ4v) is 3.12. The van der Waals surface area contributed by atoms with Gasteiger partial charge in [0.25, 0.3) is 0 Å². The van der Waals surface area contributed by atoms with Crippen molar-refractivity contribution in [3.05, 3.63) is 36.2 Å². The second-order valence-electron chi connectivity index (χ2n) is 6.48. The van der Waals surface area contributed by atoms with Crippen molar-refractivity contribution >= 4 is 34.9 Å². The van der Waals surface area contributed by atoms with Gasteiger partial charge in [-0.15, -0.1) is 0 Å². The number of aromatic nitrogens is 2. The minimum atomic E-state index is -0.760. The molecule has 0 bridgehead atoms. The molecule has 1 saturated heterocycles. The van der Waals surface area contributed by atoms with Crippen LogP contribution in [0.15, 0.2) is 30.6 Å². The Balaban J connectivity index is 1.71. The van der Waals surface area contributed by atoms with E-state index in [0.29, 0.717) is 61.1 Å². The van der Waals surface area contributed by atoms with E-state index in [1.807, 2.05) is 4.90 Å². The summed E-state index contributed by atoms with van der Waals surface area (Å²) in [5.41, 5.74) is 7.83. The molecule has 2 aromatic rings. The van der Waals surface area contributed by atoms with E-state index in [1.54, 1.807) is 31.2 Å². The van der Waals surface area contributed by atoms with Crippen LogP contribution in [0.4, 0.5) is 23.0 Å². The van der Waals surface area contributed by atoms with Crippen LogP contribution in [-0.2, 0) is 9.53 Å². The summed E-state index contributed by atoms with van der Waals surface area (Å²) < 4.78 is 4.97. The lowest BCUT2D eigenvalue weighted by molar-refractivity contribution is -0.142. The lowest BCUT2D eigenvalue weighted by Gasteiger charge is -2.31. The Labute approximate surface area is 162 Å². The van der Waals surface area contributed by atoms with Crippen molar-refractivity contribution in [2.24, 2.45) is 5.92 Å². The quantitative estimate of drug-likeness (QED) is 0.641. The Kier molecular flexibility index (Phi) is 5.93. The number of carboxylic acids is 1. The number of nitrogen functional groups attached to an aromatic ring is 1. The normalized spacial score (nSPS) is 14.5. The van der Waals surface area contributed by atoms with Crippen LogP contribution < -0.4 is 16.0 Å². The van der Waals surface area contributed by atoms with Crippen LogP contribution in [0.3, 0.4) is 0 Å². The van der Waals surface area contributed by atoms with E-state index < -0.39 is 5.97 Å². The Morgan fingerprint density at radius 3 is 2.54 bits per heavy atom. The predicted octanol–water partition coefficient (Wildman–Crippen LogP) is 2.28. The second-order valence-corrected chi connectivity index (χ2v) is 6.48. The van der Waals surface area contributed by atoms with Crippen LogP contribution >= 0.6 is 0 Å². The number of anilines is 4. The molecule has 0 spiro atoms. The Hall–Kier alpha value is -3.36. The number of nitrogens with two attached hydrogens (primary N) is 1. The molecule has 9 heteroatoms. The van der Waals surface area contributed by atoms with Gasteiger partial charge in [-0.05, 0) is 44.0 Å². The number of piperidine rings is 1. The highest BCUT2D eigenvalue weighted by atomic mass is 16.5. The number of ether oxygens (including phenoxy) is 1. The van der Waals surface area contributed by atoms with Crippen LogP contribution in [0, 0.1) is 5.92 Å². The number of esters is 1. The van der Waals surface area contributed by atoms with Gasteiger partial charge < -0.3 is 25.8 Å². The minimum absolute atomic E-state index is 0.322. The van der Waals surface area contributed by atoms with Gasteiger partial charge in [-0.25, -0.2) is 14.8 Å². The van der Waals surface area contributed by atoms with Crippen molar-refractivity contribution in [2.75, 3.05) is 35.6 Å². The molecule has 0 saturated carbocycles. The minimum Gasteiger partial charge on any atom is -0.481 e. The molecule has 9 nitrogen and oxygen atoms in total. The summed E-state index contributed by atoms with van der Waals surface area (Å²) >= 11 is 0. The van der Waals surface area contributed by atoms with Gasteiger partial charge in [-0.1, -0.05) is 0 Å². The summed E-state index contributed by atoms with van der Waals surface area (Å²) in [6.45, 7) is 3.23. The molecule has 1 aliphatic rings. The Bertz CT molecular complexity index is 848. The number of aliphatic carboxylic acids is 1. The van der Waals surface area contributed by atoms with Gasteiger partial charge in [-0.3, -0.25) is 4.79 Å². The molecule has 28 heavy (non-hydrogen) atoms. The van der Waals surface area contributed by atoms with Crippen LogP contribution in [0.5, 0.6) is 0 Å². The molecule has 1 aliphatic heterocycles. The summed E-state index contributed by atoms with van der Waals surface area (Å²) in [6.07, 6.45) is 2.53. The second kappa shape index (κ2) is 8.55. The van der Waals surface area contributed by atoms with Gasteiger partial charge >= 0.3 is 11.9 Å². The number of carboxylic acid groups (broad SMARTS) is 1. The van der Waals surface area contributed by atoms with Gasteiger partial charge in [-0.2, -0.15) is 0 Å². The maximum Gasteiger partial charge on any atom is 0.338 e. The molecule has 0 amide bonds. The molecule has 0 unspecified atom stereocenters. The number of carbonyl (C=O) groups excluding carboxylic acids is 1. The van der Waals surface area contributed by atoms with Crippen LogP contribution in [-0.4, -0.2) is 46.7 Å². The van der Waals surface area contributed by atoms with Crippen molar-refractivity contribution < 1.29 is 19.4 Å². The van der Waals surface area contributed by atoms with Crippen LogP contribution in [0.2, 0.25) is 0 Å². The molecule has 148 valence electrons. The highest BCUT2D eigenvalue weighted by Crippen LogP contribution is 2.31. The molecule has 0 radical (unpaired) electrons. The Morgan fingerprint density at radius 2 is 1.93 bits per heavy atom. The number of nitrogens with zero attached hydrogens (tertiary/aromatic N) is 3. The van der Waals surface area contributed by atoms with Crippen LogP contribution in [0.25, 0.3) is 0 Å². The first-order valence-corrected chi connectivity index (χ1v) is 9.12. The molecule has 1 aromatic heterocycles. The average Bonchev–Trinajstić information content (AvgIpc) is 2.70. The van der Waals surface area contributed by atoms with Crippen LogP contribution in [0.1, 0.15) is 30.1 Å². The topological polar surface area (TPSA) is 131 Å². The highest BCUT2D eigenvalue weighted by Gasteiger charge is 2.26. The summed E-state index contributed by atoms with van der Waals surface area (Å²) in [6, 6.07) is 6.81. The summed E-state index contributed by atoms with van der Waals surface area (Å²) in [5.74, 6) is -0.417. The third-order valence-electron chi connectivity index (χ3n) is 4.67.